The monoisotopic (exact) mass is 427 g/mol. The highest BCUT2D eigenvalue weighted by Crippen LogP contribution is 2.30. The van der Waals surface area contributed by atoms with Crippen LogP contribution in [0.4, 0.5) is 23.3 Å². The van der Waals surface area contributed by atoms with Crippen LogP contribution in [0, 0.1) is 5.41 Å². The summed E-state index contributed by atoms with van der Waals surface area (Å²) in [6.45, 7) is 11.7. The van der Waals surface area contributed by atoms with Gasteiger partial charge in [-0.2, -0.15) is 4.98 Å². The number of aromatic nitrogens is 4. The second-order valence-electron chi connectivity index (χ2n) is 7.58. The third-order valence-electron chi connectivity index (χ3n) is 5.14. The maximum atomic E-state index is 8.57. The third-order valence-corrected chi connectivity index (χ3v) is 5.14. The molecule has 0 saturated carbocycles. The summed E-state index contributed by atoms with van der Waals surface area (Å²) in [6.07, 6.45) is 3.73. The maximum Gasteiger partial charge on any atom is 0.228 e. The van der Waals surface area contributed by atoms with E-state index in [4.69, 9.17) is 20.1 Å². The lowest BCUT2D eigenvalue weighted by Gasteiger charge is -2.38. The molecule has 0 aliphatic carbocycles. The molecule has 0 spiro atoms. The van der Waals surface area contributed by atoms with E-state index in [0.717, 1.165) is 13.1 Å². The highest BCUT2D eigenvalue weighted by molar-refractivity contribution is 6.03. The van der Waals surface area contributed by atoms with E-state index in [1.54, 1.807) is 12.3 Å². The Morgan fingerprint density at radius 2 is 2.16 bits per heavy atom. The van der Waals surface area contributed by atoms with Crippen molar-refractivity contribution in [2.24, 2.45) is 0 Å². The summed E-state index contributed by atoms with van der Waals surface area (Å²) in [5, 5.41) is 18.7. The van der Waals surface area contributed by atoms with Crippen molar-refractivity contribution < 1.29 is 4.74 Å². The van der Waals surface area contributed by atoms with Crippen LogP contribution < -0.4 is 20.9 Å². The van der Waals surface area contributed by atoms with Crippen molar-refractivity contribution in [2.45, 2.75) is 46.2 Å². The molecule has 31 heavy (non-hydrogen) atoms. The van der Waals surface area contributed by atoms with Gasteiger partial charge in [-0.25, -0.2) is 15.0 Å². The van der Waals surface area contributed by atoms with Crippen molar-refractivity contribution in [2.75, 3.05) is 48.4 Å². The molecule has 1 aliphatic heterocycles. The highest BCUT2D eigenvalue weighted by Gasteiger charge is 2.27. The number of nitrogens with one attached hydrogen (secondary N) is 4. The number of hydrogen-bond acceptors (Lipinski definition) is 10. The Morgan fingerprint density at radius 3 is 2.87 bits per heavy atom. The molecule has 2 aromatic heterocycles. The quantitative estimate of drug-likeness (QED) is 0.334. The molecule has 1 unspecified atom stereocenters. The average Bonchev–Trinajstić information content (AvgIpc) is 2.79. The van der Waals surface area contributed by atoms with Gasteiger partial charge in [0.1, 0.15) is 23.5 Å². The van der Waals surface area contributed by atoms with E-state index >= 15 is 0 Å². The molecule has 0 aromatic carbocycles. The van der Waals surface area contributed by atoms with Gasteiger partial charge in [-0.1, -0.05) is 6.92 Å². The molecule has 4 N–H and O–H groups in total. The van der Waals surface area contributed by atoms with Crippen molar-refractivity contribution in [1.82, 2.24) is 25.3 Å². The normalized spacial score (nSPS) is 18.6. The Labute approximate surface area is 183 Å². The summed E-state index contributed by atoms with van der Waals surface area (Å²) in [6, 6.07) is 2.35. The molecule has 10 heteroatoms. The van der Waals surface area contributed by atoms with Gasteiger partial charge < -0.3 is 31.0 Å². The fourth-order valence-electron chi connectivity index (χ4n) is 3.40. The van der Waals surface area contributed by atoms with Crippen LogP contribution in [0.15, 0.2) is 18.6 Å². The fraction of sp³-hybridized carbons (Fsp3) is 0.571. The summed E-state index contributed by atoms with van der Waals surface area (Å²) in [5.41, 5.74) is 1.73. The third kappa shape index (κ3) is 5.86. The Kier molecular flexibility index (Phi) is 8.07. The largest absolute Gasteiger partial charge is 0.380 e. The first-order valence-corrected chi connectivity index (χ1v) is 10.9. The van der Waals surface area contributed by atoms with Gasteiger partial charge in [0.05, 0.1) is 12.3 Å². The highest BCUT2D eigenvalue weighted by atomic mass is 16.5. The smallest absolute Gasteiger partial charge is 0.228 e. The van der Waals surface area contributed by atoms with E-state index in [0.29, 0.717) is 66.9 Å². The molecule has 0 bridgehead atoms. The number of piperazine rings is 1. The van der Waals surface area contributed by atoms with Crippen molar-refractivity contribution in [3.8, 4) is 0 Å². The standard InChI is InChI=1S/C21H33N9O/c1-5-16(22)18-19(24-9-10-31-6-2)20(27-17-7-8-23-13-26-17)29-21(28-18)30-12-14(3)25-11-15(30)4/h7-8,13-15,22,24-25H,5-6,9-12H2,1-4H3,(H,23,26,27,28,29)/t14-,15?/m1/s1. The Hall–Kier alpha value is -2.85. The molecule has 3 rings (SSSR count). The van der Waals surface area contributed by atoms with Crippen LogP contribution in [-0.2, 0) is 4.74 Å². The second-order valence-corrected chi connectivity index (χ2v) is 7.58. The lowest BCUT2D eigenvalue weighted by atomic mass is 10.1. The van der Waals surface area contributed by atoms with Crippen LogP contribution in [0.25, 0.3) is 0 Å². The molecule has 1 fully saturated rings. The SMILES string of the molecule is CCOCCNc1c(Nc2ccncn2)nc(N2C[C@@H](C)NCC2C)nc1C(=N)CC. The first-order chi connectivity index (χ1) is 15.0. The van der Waals surface area contributed by atoms with Gasteiger partial charge in [-0.05, 0) is 33.3 Å². The van der Waals surface area contributed by atoms with E-state index in [2.05, 4.69) is 44.7 Å². The maximum absolute atomic E-state index is 8.57. The molecule has 1 saturated heterocycles. The minimum absolute atomic E-state index is 0.239. The first kappa shape index (κ1) is 22.8. The Bertz CT molecular complexity index is 861. The molecule has 1 aliphatic rings. The molecular weight excluding hydrogens is 394 g/mol. The van der Waals surface area contributed by atoms with Gasteiger partial charge in [-0.15, -0.1) is 0 Å². The van der Waals surface area contributed by atoms with Crippen molar-refractivity contribution in [3.05, 3.63) is 24.3 Å². The van der Waals surface area contributed by atoms with Gasteiger partial charge in [-0.3, -0.25) is 0 Å². The number of anilines is 4. The topological polar surface area (TPSA) is 124 Å². The molecule has 0 radical (unpaired) electrons. The Morgan fingerprint density at radius 1 is 1.32 bits per heavy atom. The predicted octanol–water partition coefficient (Wildman–Crippen LogP) is 2.42. The van der Waals surface area contributed by atoms with E-state index in [9.17, 15) is 0 Å². The number of rotatable bonds is 10. The minimum atomic E-state index is 0.239. The van der Waals surface area contributed by atoms with Crippen LogP contribution in [0.3, 0.4) is 0 Å². The average molecular weight is 428 g/mol. The zero-order valence-corrected chi connectivity index (χ0v) is 18.8. The summed E-state index contributed by atoms with van der Waals surface area (Å²) in [7, 11) is 0. The van der Waals surface area contributed by atoms with Crippen LogP contribution in [0.1, 0.15) is 39.8 Å². The Balaban J connectivity index is 2.04. The first-order valence-electron chi connectivity index (χ1n) is 10.9. The summed E-state index contributed by atoms with van der Waals surface area (Å²) < 4.78 is 5.47. The molecule has 2 atom stereocenters. The second kappa shape index (κ2) is 11.0. The van der Waals surface area contributed by atoms with Crippen LogP contribution in [0.5, 0.6) is 0 Å². The van der Waals surface area contributed by atoms with Gasteiger partial charge in [0.15, 0.2) is 5.82 Å². The molecule has 168 valence electrons. The van der Waals surface area contributed by atoms with Crippen LogP contribution in [0.2, 0.25) is 0 Å². The van der Waals surface area contributed by atoms with Crippen molar-refractivity contribution in [3.63, 3.8) is 0 Å². The lowest BCUT2D eigenvalue weighted by Crippen LogP contribution is -2.55. The molecule has 10 nitrogen and oxygen atoms in total. The molecule has 0 amide bonds. The minimum Gasteiger partial charge on any atom is -0.380 e. The van der Waals surface area contributed by atoms with Crippen LogP contribution in [-0.4, -0.2) is 70.6 Å². The van der Waals surface area contributed by atoms with Gasteiger partial charge in [0.25, 0.3) is 0 Å². The van der Waals surface area contributed by atoms with E-state index in [1.165, 1.54) is 6.33 Å². The predicted molar refractivity (Wildman–Crippen MR) is 124 cm³/mol. The zero-order valence-electron chi connectivity index (χ0n) is 18.8. The van der Waals surface area contributed by atoms with E-state index in [-0.39, 0.29) is 6.04 Å². The van der Waals surface area contributed by atoms with E-state index < -0.39 is 0 Å². The van der Waals surface area contributed by atoms with Gasteiger partial charge in [0, 0.05) is 44.5 Å². The summed E-state index contributed by atoms with van der Waals surface area (Å²) in [4.78, 5) is 20.2. The fourth-order valence-corrected chi connectivity index (χ4v) is 3.40. The lowest BCUT2D eigenvalue weighted by molar-refractivity contribution is 0.158. The van der Waals surface area contributed by atoms with Crippen molar-refractivity contribution in [1.29, 1.82) is 5.41 Å². The van der Waals surface area contributed by atoms with E-state index in [1.807, 2.05) is 13.8 Å². The van der Waals surface area contributed by atoms with Crippen molar-refractivity contribution >= 4 is 29.0 Å². The van der Waals surface area contributed by atoms with Crippen LogP contribution >= 0.6 is 0 Å². The molecular formula is C21H33N9O. The summed E-state index contributed by atoms with van der Waals surface area (Å²) >= 11 is 0. The zero-order chi connectivity index (χ0) is 22.2. The summed E-state index contributed by atoms with van der Waals surface area (Å²) in [5.74, 6) is 1.83. The molecule has 2 aromatic rings. The van der Waals surface area contributed by atoms with Gasteiger partial charge >= 0.3 is 0 Å². The number of hydrogen-bond donors (Lipinski definition) is 4. The number of nitrogens with zero attached hydrogens (tertiary/aromatic N) is 5. The van der Waals surface area contributed by atoms with Gasteiger partial charge in [0.2, 0.25) is 5.95 Å². The number of ether oxygens (including phenoxy) is 1. The molecule has 3 heterocycles.